The predicted octanol–water partition coefficient (Wildman–Crippen LogP) is 3.55. The van der Waals surface area contributed by atoms with Crippen molar-refractivity contribution in [1.82, 2.24) is 0 Å². The van der Waals surface area contributed by atoms with Crippen LogP contribution in [0.2, 0.25) is 0 Å². The normalized spacial score (nSPS) is 15.2. The second kappa shape index (κ2) is 5.96. The largest absolute Gasteiger partial charge is 0.316 e. The number of rotatable bonds is 4. The maximum Gasteiger partial charge on any atom is 0.294 e. The first-order valence-electron chi connectivity index (χ1n) is 7.77. The molecule has 2 aromatic rings. The zero-order valence-electron chi connectivity index (χ0n) is 14.0. The van der Waals surface area contributed by atoms with Gasteiger partial charge in [-0.25, -0.2) is 0 Å². The first-order valence-corrected chi connectivity index (χ1v) is 8.65. The summed E-state index contributed by atoms with van der Waals surface area (Å²) in [5, 5.41) is 15.8. The number of likely N-dealkylation sites (N-methyl/N-ethyl adjacent to an activating group) is 1. The Morgan fingerprint density at radius 3 is 2.68 bits per heavy atom. The van der Waals surface area contributed by atoms with Gasteiger partial charge in [-0.15, -0.1) is 11.3 Å². The molecule has 25 heavy (non-hydrogen) atoms. The van der Waals surface area contributed by atoms with E-state index in [-0.39, 0.29) is 17.3 Å². The number of carbonyl (C=O) groups excluding carboxylic acids is 2. The van der Waals surface area contributed by atoms with E-state index in [0.717, 1.165) is 0 Å². The van der Waals surface area contributed by atoms with Crippen molar-refractivity contribution in [3.05, 3.63) is 50.2 Å². The molecule has 1 aliphatic rings. The van der Waals surface area contributed by atoms with Crippen LogP contribution in [0.1, 0.15) is 36.0 Å². The molecule has 1 N–H and O–H groups in total. The fourth-order valence-electron chi connectivity index (χ4n) is 3.02. The van der Waals surface area contributed by atoms with Crippen molar-refractivity contribution in [2.45, 2.75) is 26.2 Å². The van der Waals surface area contributed by atoms with Crippen molar-refractivity contribution in [1.29, 1.82) is 0 Å². The predicted molar refractivity (Wildman–Crippen MR) is 96.4 cm³/mol. The summed E-state index contributed by atoms with van der Waals surface area (Å²) < 4.78 is 0. The highest BCUT2D eigenvalue weighted by Crippen LogP contribution is 2.45. The maximum atomic E-state index is 12.6. The van der Waals surface area contributed by atoms with Crippen molar-refractivity contribution in [3.8, 4) is 0 Å². The van der Waals surface area contributed by atoms with Gasteiger partial charge in [0, 0.05) is 12.6 Å². The highest BCUT2D eigenvalue weighted by atomic mass is 32.1. The molecular formula is C17H17N3O4S. The number of benzene rings is 1. The topological polar surface area (TPSA) is 92.6 Å². The van der Waals surface area contributed by atoms with Gasteiger partial charge in [-0.05, 0) is 43.8 Å². The highest BCUT2D eigenvalue weighted by Gasteiger charge is 2.44. The minimum absolute atomic E-state index is 0.0981. The molecule has 0 fully saturated rings. The summed E-state index contributed by atoms with van der Waals surface area (Å²) in [7, 11) is 0. The van der Waals surface area contributed by atoms with E-state index in [4.69, 9.17) is 0 Å². The van der Waals surface area contributed by atoms with Gasteiger partial charge in [0.1, 0.15) is 5.69 Å². The molecule has 0 saturated heterocycles. The molecule has 1 aliphatic heterocycles. The molecule has 1 aromatic carbocycles. The molecular weight excluding hydrogens is 342 g/mol. The molecule has 0 bridgehead atoms. The number of nitrogens with zero attached hydrogens (tertiary/aromatic N) is 2. The van der Waals surface area contributed by atoms with Gasteiger partial charge in [0.25, 0.3) is 11.6 Å². The number of nitro benzene ring substituents is 1. The Bertz CT molecular complexity index is 874. The van der Waals surface area contributed by atoms with Crippen LogP contribution < -0.4 is 10.2 Å². The van der Waals surface area contributed by atoms with Crippen LogP contribution in [0.15, 0.2) is 29.6 Å². The Morgan fingerprint density at radius 2 is 2.12 bits per heavy atom. The Kier molecular flexibility index (Phi) is 4.08. The first-order chi connectivity index (χ1) is 11.8. The lowest BCUT2D eigenvalue weighted by atomic mass is 9.86. The zero-order valence-corrected chi connectivity index (χ0v) is 14.8. The second-order valence-corrected chi connectivity index (χ2v) is 7.20. The summed E-state index contributed by atoms with van der Waals surface area (Å²) in [6, 6.07) is 6.30. The van der Waals surface area contributed by atoms with Crippen LogP contribution in [-0.4, -0.2) is 23.3 Å². The molecule has 7 nitrogen and oxygen atoms in total. The number of fused-ring (bicyclic) bond motifs is 1. The van der Waals surface area contributed by atoms with Crippen LogP contribution in [0, 0.1) is 10.1 Å². The third-order valence-corrected chi connectivity index (χ3v) is 5.23. The average molecular weight is 359 g/mol. The summed E-state index contributed by atoms with van der Waals surface area (Å²) in [5.41, 5.74) is 0.265. The van der Waals surface area contributed by atoms with Crippen LogP contribution in [0.5, 0.6) is 0 Å². The van der Waals surface area contributed by atoms with Crippen molar-refractivity contribution in [2.24, 2.45) is 0 Å². The molecule has 130 valence electrons. The SMILES string of the molecule is CCN1C(=O)C(C)(C)c2cc(NC(=O)c3cccs3)c([N+](=O)[O-])cc21. The molecule has 0 unspecified atom stereocenters. The number of thiophene rings is 1. The number of carbonyl (C=O) groups is 2. The second-order valence-electron chi connectivity index (χ2n) is 6.25. The van der Waals surface area contributed by atoms with Crippen LogP contribution in [0.4, 0.5) is 17.1 Å². The van der Waals surface area contributed by atoms with Gasteiger partial charge in [0.2, 0.25) is 5.91 Å². The summed E-state index contributed by atoms with van der Waals surface area (Å²) in [4.78, 5) is 37.8. The van der Waals surface area contributed by atoms with E-state index in [1.165, 1.54) is 22.3 Å². The molecule has 8 heteroatoms. The summed E-state index contributed by atoms with van der Waals surface area (Å²) >= 11 is 1.25. The molecule has 0 spiro atoms. The van der Waals surface area contributed by atoms with Crippen LogP contribution in [0.25, 0.3) is 0 Å². The van der Waals surface area contributed by atoms with E-state index in [0.29, 0.717) is 22.7 Å². The molecule has 3 rings (SSSR count). The Labute approximate surface area is 148 Å². The lowest BCUT2D eigenvalue weighted by Gasteiger charge is -2.18. The average Bonchev–Trinajstić information content (AvgIpc) is 3.15. The Hall–Kier alpha value is -2.74. The Balaban J connectivity index is 2.11. The zero-order chi connectivity index (χ0) is 18.4. The molecule has 2 heterocycles. The molecule has 0 radical (unpaired) electrons. The third kappa shape index (κ3) is 2.68. The van der Waals surface area contributed by atoms with Crippen LogP contribution >= 0.6 is 11.3 Å². The Morgan fingerprint density at radius 1 is 1.40 bits per heavy atom. The summed E-state index contributed by atoms with van der Waals surface area (Å²) in [6.07, 6.45) is 0. The molecule has 0 atom stereocenters. The minimum Gasteiger partial charge on any atom is -0.316 e. The van der Waals surface area contributed by atoms with E-state index in [1.54, 1.807) is 37.4 Å². The van der Waals surface area contributed by atoms with Gasteiger partial charge in [-0.1, -0.05) is 6.07 Å². The molecule has 1 aromatic heterocycles. The first kappa shape index (κ1) is 17.1. The number of nitro groups is 1. The van der Waals surface area contributed by atoms with Crippen molar-refractivity contribution in [3.63, 3.8) is 0 Å². The number of anilines is 2. The van der Waals surface area contributed by atoms with Crippen LogP contribution in [0.3, 0.4) is 0 Å². The van der Waals surface area contributed by atoms with Gasteiger partial charge in [-0.2, -0.15) is 0 Å². The van der Waals surface area contributed by atoms with Gasteiger partial charge in [0.15, 0.2) is 0 Å². The lowest BCUT2D eigenvalue weighted by Crippen LogP contribution is -2.35. The van der Waals surface area contributed by atoms with Crippen molar-refractivity contribution in [2.75, 3.05) is 16.8 Å². The minimum atomic E-state index is -0.803. The standard InChI is InChI=1S/C17H17N3O4S/c1-4-19-12-9-13(20(23)24)11(8-10(12)17(2,3)16(19)22)18-15(21)14-6-5-7-25-14/h5-9H,4H2,1-3H3,(H,18,21). The fraction of sp³-hybridized carbons (Fsp3) is 0.294. The van der Waals surface area contributed by atoms with Gasteiger partial charge >= 0.3 is 0 Å². The molecule has 0 aliphatic carbocycles. The van der Waals surface area contributed by atoms with Gasteiger partial charge < -0.3 is 10.2 Å². The monoisotopic (exact) mass is 359 g/mol. The molecule has 2 amide bonds. The number of amides is 2. The van der Waals surface area contributed by atoms with E-state index in [2.05, 4.69) is 5.32 Å². The quantitative estimate of drug-likeness (QED) is 0.667. The van der Waals surface area contributed by atoms with Gasteiger partial charge in [0.05, 0.1) is 20.9 Å². The van der Waals surface area contributed by atoms with Crippen molar-refractivity contribution >= 4 is 40.2 Å². The summed E-state index contributed by atoms with van der Waals surface area (Å²) in [5.74, 6) is -0.520. The summed E-state index contributed by atoms with van der Waals surface area (Å²) in [6.45, 7) is 5.80. The number of hydrogen-bond donors (Lipinski definition) is 1. The smallest absolute Gasteiger partial charge is 0.294 e. The lowest BCUT2D eigenvalue weighted by molar-refractivity contribution is -0.383. The van der Waals surface area contributed by atoms with E-state index >= 15 is 0 Å². The number of hydrogen-bond acceptors (Lipinski definition) is 5. The maximum absolute atomic E-state index is 12.6. The molecule has 0 saturated carbocycles. The fourth-order valence-corrected chi connectivity index (χ4v) is 3.64. The van der Waals surface area contributed by atoms with E-state index in [1.807, 2.05) is 6.92 Å². The van der Waals surface area contributed by atoms with Crippen molar-refractivity contribution < 1.29 is 14.5 Å². The van der Waals surface area contributed by atoms with E-state index < -0.39 is 16.2 Å². The highest BCUT2D eigenvalue weighted by molar-refractivity contribution is 7.12. The van der Waals surface area contributed by atoms with Crippen LogP contribution in [-0.2, 0) is 10.2 Å². The third-order valence-electron chi connectivity index (χ3n) is 4.36. The number of nitrogens with one attached hydrogen (secondary N) is 1. The van der Waals surface area contributed by atoms with E-state index in [9.17, 15) is 19.7 Å². The van der Waals surface area contributed by atoms with Gasteiger partial charge in [-0.3, -0.25) is 19.7 Å².